The zero-order valence-corrected chi connectivity index (χ0v) is 17.0. The number of hydrogen-bond acceptors (Lipinski definition) is 4. The summed E-state index contributed by atoms with van der Waals surface area (Å²) in [6.45, 7) is 0. The number of rotatable bonds is 4. The molecule has 4 rings (SSSR count). The van der Waals surface area contributed by atoms with E-state index in [1.807, 2.05) is 24.3 Å². The minimum atomic E-state index is -3.54. The van der Waals surface area contributed by atoms with Gasteiger partial charge in [0.05, 0.1) is 6.26 Å². The van der Waals surface area contributed by atoms with Gasteiger partial charge in [0, 0.05) is 16.4 Å². The molecule has 1 heterocycles. The van der Waals surface area contributed by atoms with Crippen molar-refractivity contribution in [3.63, 3.8) is 0 Å². The van der Waals surface area contributed by atoms with Crippen molar-refractivity contribution in [1.82, 2.24) is 5.32 Å². The van der Waals surface area contributed by atoms with Crippen LogP contribution < -0.4 is 5.32 Å². The van der Waals surface area contributed by atoms with Crippen LogP contribution in [0.15, 0.2) is 53.0 Å². The molecule has 1 N–H and O–H groups in total. The number of aryl methyl sites for hydroxylation is 1. The summed E-state index contributed by atoms with van der Waals surface area (Å²) in [6, 6.07) is 16.8. The van der Waals surface area contributed by atoms with E-state index in [9.17, 15) is 8.42 Å². The number of halogens is 1. The maximum absolute atomic E-state index is 11.8. The minimum Gasteiger partial charge on any atom is -0.287 e. The van der Waals surface area contributed by atoms with Gasteiger partial charge in [-0.2, -0.15) is 8.42 Å². The fraction of sp³-hybridized carbons (Fsp3) is 0.400. The van der Waals surface area contributed by atoms with Crippen molar-refractivity contribution in [2.75, 3.05) is 6.26 Å². The maximum atomic E-state index is 11.8. The lowest BCUT2D eigenvalue weighted by atomic mass is 9.73. The molecule has 1 saturated heterocycles. The molecule has 0 amide bonds. The smallest absolute Gasteiger partial charge is 0.265 e. The maximum Gasteiger partial charge on any atom is 0.265 e. The fourth-order valence-electron chi connectivity index (χ4n) is 4.48. The number of nitrogens with one attached hydrogen (secondary N) is 1. The molecule has 1 fully saturated rings. The third-order valence-corrected chi connectivity index (χ3v) is 6.52. The first-order valence-electron chi connectivity index (χ1n) is 8.87. The first-order chi connectivity index (χ1) is 12.4. The average Bonchev–Trinajstić information content (AvgIpc) is 2.91. The van der Waals surface area contributed by atoms with Crippen LogP contribution in [0.5, 0.6) is 0 Å². The quantitative estimate of drug-likeness (QED) is 0.745. The van der Waals surface area contributed by atoms with E-state index in [4.69, 9.17) is 4.18 Å². The van der Waals surface area contributed by atoms with E-state index >= 15 is 0 Å². The topological polar surface area (TPSA) is 55.4 Å². The zero-order chi connectivity index (χ0) is 18.3. The number of hydrogen-bond donors (Lipinski definition) is 1. The van der Waals surface area contributed by atoms with E-state index in [0.717, 1.165) is 30.0 Å². The van der Waals surface area contributed by atoms with Crippen molar-refractivity contribution in [3.05, 3.63) is 69.7 Å². The van der Waals surface area contributed by atoms with Crippen LogP contribution in [0.1, 0.15) is 29.0 Å². The molecule has 0 spiro atoms. The first-order valence-corrected chi connectivity index (χ1v) is 11.5. The lowest BCUT2D eigenvalue weighted by Crippen LogP contribution is -2.36. The van der Waals surface area contributed by atoms with Gasteiger partial charge in [-0.05, 0) is 54.0 Å². The molecule has 0 bridgehead atoms. The molecular weight excluding hydrogens is 414 g/mol. The second-order valence-corrected chi connectivity index (χ2v) is 9.77. The fourth-order valence-corrected chi connectivity index (χ4v) is 5.44. The lowest BCUT2D eigenvalue weighted by molar-refractivity contribution is 0.165. The number of fused-ring (bicyclic) bond motifs is 3. The summed E-state index contributed by atoms with van der Waals surface area (Å²) in [4.78, 5) is 0. The molecule has 138 valence electrons. The van der Waals surface area contributed by atoms with Crippen molar-refractivity contribution in [2.45, 2.75) is 37.5 Å². The summed E-state index contributed by atoms with van der Waals surface area (Å²) >= 11 is 3.54. The Labute approximate surface area is 163 Å². The Morgan fingerprint density at radius 1 is 1.19 bits per heavy atom. The SMILES string of the molecule is CS(=O)(=O)OC1NC(Cc2ccccc2)C2CCc3cc(Br)ccc3C12. The Morgan fingerprint density at radius 2 is 1.96 bits per heavy atom. The van der Waals surface area contributed by atoms with E-state index < -0.39 is 16.3 Å². The molecule has 1 aliphatic heterocycles. The molecule has 0 saturated carbocycles. The van der Waals surface area contributed by atoms with Crippen molar-refractivity contribution in [2.24, 2.45) is 5.92 Å². The highest BCUT2D eigenvalue weighted by Crippen LogP contribution is 2.46. The molecule has 0 aromatic heterocycles. The molecule has 26 heavy (non-hydrogen) atoms. The third-order valence-electron chi connectivity index (χ3n) is 5.47. The van der Waals surface area contributed by atoms with Crippen LogP contribution >= 0.6 is 15.9 Å². The van der Waals surface area contributed by atoms with Gasteiger partial charge in [0.25, 0.3) is 10.1 Å². The highest BCUT2D eigenvalue weighted by Gasteiger charge is 2.47. The third kappa shape index (κ3) is 3.74. The normalized spacial score (nSPS) is 27.8. The predicted molar refractivity (Wildman–Crippen MR) is 105 cm³/mol. The summed E-state index contributed by atoms with van der Waals surface area (Å²) in [5, 5.41) is 3.48. The van der Waals surface area contributed by atoms with Crippen LogP contribution in [0.2, 0.25) is 0 Å². The molecule has 4 atom stereocenters. The van der Waals surface area contributed by atoms with E-state index in [-0.39, 0.29) is 12.0 Å². The zero-order valence-electron chi connectivity index (χ0n) is 14.6. The van der Waals surface area contributed by atoms with Gasteiger partial charge >= 0.3 is 0 Å². The monoisotopic (exact) mass is 435 g/mol. The van der Waals surface area contributed by atoms with Gasteiger partial charge in [-0.25, -0.2) is 0 Å². The number of benzene rings is 2. The molecule has 6 heteroatoms. The second kappa shape index (κ2) is 7.08. The Morgan fingerprint density at radius 3 is 2.69 bits per heavy atom. The summed E-state index contributed by atoms with van der Waals surface area (Å²) in [5.41, 5.74) is 3.75. The standard InChI is InChI=1S/C20H22BrNO3S/c1-26(23,24)25-20-19-16-10-8-15(21)12-14(16)7-9-17(19)18(22-20)11-13-5-3-2-4-6-13/h2-6,8,10,12,17-20,22H,7,9,11H2,1H3. The van der Waals surface area contributed by atoms with Gasteiger partial charge in [0.15, 0.2) is 0 Å². The largest absolute Gasteiger partial charge is 0.287 e. The molecule has 4 unspecified atom stereocenters. The Kier molecular flexibility index (Phi) is 4.94. The minimum absolute atomic E-state index is 0.0512. The predicted octanol–water partition coefficient (Wildman–Crippen LogP) is 3.61. The first kappa shape index (κ1) is 18.2. The van der Waals surface area contributed by atoms with Gasteiger partial charge in [-0.1, -0.05) is 52.3 Å². The van der Waals surface area contributed by atoms with E-state index in [2.05, 4.69) is 45.5 Å². The van der Waals surface area contributed by atoms with E-state index in [0.29, 0.717) is 5.92 Å². The van der Waals surface area contributed by atoms with Gasteiger partial charge in [0.1, 0.15) is 6.23 Å². The van der Waals surface area contributed by atoms with Crippen LogP contribution in [-0.4, -0.2) is 26.9 Å². The van der Waals surface area contributed by atoms with Crippen LogP contribution in [0.3, 0.4) is 0 Å². The summed E-state index contributed by atoms with van der Waals surface area (Å²) in [5.74, 6) is 0.408. The van der Waals surface area contributed by atoms with Gasteiger partial charge in [0.2, 0.25) is 0 Å². The molecule has 0 radical (unpaired) electrons. The van der Waals surface area contributed by atoms with Gasteiger partial charge in [-0.3, -0.25) is 9.50 Å². The molecule has 2 aromatic rings. The van der Waals surface area contributed by atoms with Crippen molar-refractivity contribution in [1.29, 1.82) is 0 Å². The molecule has 4 nitrogen and oxygen atoms in total. The second-order valence-electron chi connectivity index (χ2n) is 7.26. The average molecular weight is 436 g/mol. The van der Waals surface area contributed by atoms with Crippen LogP contribution in [0.25, 0.3) is 0 Å². The molecular formula is C20H22BrNO3S. The Bertz CT molecular complexity index is 901. The summed E-state index contributed by atoms with van der Waals surface area (Å²) in [7, 11) is -3.54. The summed E-state index contributed by atoms with van der Waals surface area (Å²) < 4.78 is 30.2. The van der Waals surface area contributed by atoms with Crippen LogP contribution in [0, 0.1) is 5.92 Å². The van der Waals surface area contributed by atoms with Gasteiger partial charge in [-0.15, -0.1) is 0 Å². The Balaban J connectivity index is 1.68. The highest BCUT2D eigenvalue weighted by molar-refractivity contribution is 9.10. The van der Waals surface area contributed by atoms with Gasteiger partial charge < -0.3 is 0 Å². The van der Waals surface area contributed by atoms with E-state index in [1.54, 1.807) is 0 Å². The summed E-state index contributed by atoms with van der Waals surface area (Å²) in [6.07, 6.45) is 3.53. The lowest BCUT2D eigenvalue weighted by Gasteiger charge is -2.32. The molecule has 2 aliphatic rings. The molecule has 1 aliphatic carbocycles. The van der Waals surface area contributed by atoms with Crippen molar-refractivity contribution < 1.29 is 12.6 Å². The van der Waals surface area contributed by atoms with E-state index in [1.165, 1.54) is 16.7 Å². The van der Waals surface area contributed by atoms with Crippen molar-refractivity contribution >= 4 is 26.0 Å². The highest BCUT2D eigenvalue weighted by atomic mass is 79.9. The van der Waals surface area contributed by atoms with Crippen LogP contribution in [-0.2, 0) is 27.1 Å². The molecule has 2 aromatic carbocycles. The van der Waals surface area contributed by atoms with Crippen molar-refractivity contribution in [3.8, 4) is 0 Å². The Hall–Kier alpha value is -1.21. The van der Waals surface area contributed by atoms with Crippen LogP contribution in [0.4, 0.5) is 0 Å².